The maximum atomic E-state index is 9.58. The van der Waals surface area contributed by atoms with Gasteiger partial charge in [0.2, 0.25) is 0 Å². The topological polar surface area (TPSA) is 23.5 Å². The molecule has 17 heavy (non-hydrogen) atoms. The fraction of sp³-hybridized carbons (Fsp3) is 0.571. The van der Waals surface area contributed by atoms with Crippen molar-refractivity contribution in [1.29, 1.82) is 0 Å². The molecular weight excluding hydrogens is 278 g/mol. The third-order valence-corrected chi connectivity index (χ3v) is 3.90. The first kappa shape index (κ1) is 14.5. The van der Waals surface area contributed by atoms with E-state index in [-0.39, 0.29) is 0 Å². The summed E-state index contributed by atoms with van der Waals surface area (Å²) >= 11 is 3.52. The van der Waals surface area contributed by atoms with Gasteiger partial charge in [0, 0.05) is 23.2 Å². The van der Waals surface area contributed by atoms with Gasteiger partial charge in [0.15, 0.2) is 0 Å². The fourth-order valence-corrected chi connectivity index (χ4v) is 2.64. The molecule has 0 aliphatic rings. The maximum Gasteiger partial charge on any atom is 0.0772 e. The molecule has 0 fully saturated rings. The van der Waals surface area contributed by atoms with Crippen LogP contribution in [0.1, 0.15) is 45.3 Å². The Balaban J connectivity index is 2.89. The SMILES string of the molecule is CCCC(C)N(C)c1ccc(C(C)O)c(Br)c1. The van der Waals surface area contributed by atoms with Gasteiger partial charge in [0.05, 0.1) is 6.10 Å². The molecule has 0 saturated heterocycles. The van der Waals surface area contributed by atoms with Gasteiger partial charge in [0.25, 0.3) is 0 Å². The van der Waals surface area contributed by atoms with Crippen LogP contribution in [0.15, 0.2) is 22.7 Å². The highest BCUT2D eigenvalue weighted by Crippen LogP contribution is 2.28. The molecule has 0 spiro atoms. The lowest BCUT2D eigenvalue weighted by molar-refractivity contribution is 0.198. The van der Waals surface area contributed by atoms with Crippen molar-refractivity contribution in [1.82, 2.24) is 0 Å². The minimum Gasteiger partial charge on any atom is -0.389 e. The highest BCUT2D eigenvalue weighted by molar-refractivity contribution is 9.10. The predicted molar refractivity (Wildman–Crippen MR) is 77.5 cm³/mol. The second-order valence-corrected chi connectivity index (χ2v) is 5.48. The molecule has 0 bridgehead atoms. The minimum absolute atomic E-state index is 0.434. The summed E-state index contributed by atoms with van der Waals surface area (Å²) in [6.45, 7) is 6.22. The van der Waals surface area contributed by atoms with E-state index in [2.05, 4.69) is 53.9 Å². The van der Waals surface area contributed by atoms with Crippen LogP contribution in [0.5, 0.6) is 0 Å². The Morgan fingerprint density at radius 2 is 2.00 bits per heavy atom. The molecule has 1 aromatic rings. The zero-order valence-corrected chi connectivity index (χ0v) is 12.7. The Labute approximate surface area is 113 Å². The van der Waals surface area contributed by atoms with Crippen molar-refractivity contribution in [3.05, 3.63) is 28.2 Å². The number of rotatable bonds is 5. The highest BCUT2D eigenvalue weighted by atomic mass is 79.9. The quantitative estimate of drug-likeness (QED) is 0.884. The average Bonchev–Trinajstić information content (AvgIpc) is 2.27. The van der Waals surface area contributed by atoms with Gasteiger partial charge in [-0.25, -0.2) is 0 Å². The summed E-state index contributed by atoms with van der Waals surface area (Å²) in [5.74, 6) is 0. The normalized spacial score (nSPS) is 14.5. The van der Waals surface area contributed by atoms with Gasteiger partial charge in [-0.05, 0) is 38.0 Å². The van der Waals surface area contributed by atoms with E-state index in [4.69, 9.17) is 0 Å². The largest absolute Gasteiger partial charge is 0.389 e. The Hall–Kier alpha value is -0.540. The van der Waals surface area contributed by atoms with E-state index in [0.717, 1.165) is 10.0 Å². The molecule has 3 heteroatoms. The Morgan fingerprint density at radius 1 is 1.35 bits per heavy atom. The van der Waals surface area contributed by atoms with Gasteiger partial charge < -0.3 is 10.0 Å². The maximum absolute atomic E-state index is 9.58. The molecule has 0 radical (unpaired) electrons. The molecule has 1 N–H and O–H groups in total. The van der Waals surface area contributed by atoms with Gasteiger partial charge in [0.1, 0.15) is 0 Å². The smallest absolute Gasteiger partial charge is 0.0772 e. The van der Waals surface area contributed by atoms with E-state index in [1.54, 1.807) is 6.92 Å². The molecule has 96 valence electrons. The van der Waals surface area contributed by atoms with Crippen LogP contribution >= 0.6 is 15.9 Å². The van der Waals surface area contributed by atoms with Crippen LogP contribution in [0, 0.1) is 0 Å². The molecule has 1 aromatic carbocycles. The van der Waals surface area contributed by atoms with Gasteiger partial charge in [-0.15, -0.1) is 0 Å². The van der Waals surface area contributed by atoms with Gasteiger partial charge in [-0.1, -0.05) is 35.3 Å². The van der Waals surface area contributed by atoms with E-state index in [9.17, 15) is 5.11 Å². The fourth-order valence-electron chi connectivity index (χ4n) is 1.94. The van der Waals surface area contributed by atoms with Crippen LogP contribution in [-0.4, -0.2) is 18.2 Å². The molecule has 0 aromatic heterocycles. The Kier molecular flexibility index (Phi) is 5.47. The number of benzene rings is 1. The number of hydrogen-bond donors (Lipinski definition) is 1. The van der Waals surface area contributed by atoms with E-state index in [0.29, 0.717) is 6.04 Å². The third kappa shape index (κ3) is 3.71. The summed E-state index contributed by atoms with van der Waals surface area (Å²) in [6, 6.07) is 6.66. The zero-order chi connectivity index (χ0) is 13.0. The second kappa shape index (κ2) is 6.41. The molecule has 0 saturated carbocycles. The average molecular weight is 300 g/mol. The standard InChI is InChI=1S/C14H22BrNO/c1-5-6-10(2)16(4)12-7-8-13(11(3)17)14(15)9-12/h7-11,17H,5-6H2,1-4H3. The Morgan fingerprint density at radius 3 is 2.47 bits per heavy atom. The van der Waals surface area contributed by atoms with E-state index >= 15 is 0 Å². The summed E-state index contributed by atoms with van der Waals surface area (Å²) in [5, 5.41) is 9.58. The van der Waals surface area contributed by atoms with Crippen molar-refractivity contribution in [2.45, 2.75) is 45.8 Å². The van der Waals surface area contributed by atoms with Gasteiger partial charge >= 0.3 is 0 Å². The van der Waals surface area contributed by atoms with Crippen molar-refractivity contribution in [2.75, 3.05) is 11.9 Å². The summed E-state index contributed by atoms with van der Waals surface area (Å²) in [7, 11) is 2.12. The number of nitrogens with zero attached hydrogens (tertiary/aromatic N) is 1. The van der Waals surface area contributed by atoms with E-state index in [1.807, 2.05) is 6.07 Å². The predicted octanol–water partition coefficient (Wildman–Crippen LogP) is 4.13. The molecule has 2 unspecified atom stereocenters. The van der Waals surface area contributed by atoms with Crippen LogP contribution in [-0.2, 0) is 0 Å². The monoisotopic (exact) mass is 299 g/mol. The first-order valence-corrected chi connectivity index (χ1v) is 6.97. The molecule has 2 nitrogen and oxygen atoms in total. The lowest BCUT2D eigenvalue weighted by Gasteiger charge is -2.27. The van der Waals surface area contributed by atoms with Crippen LogP contribution in [0.25, 0.3) is 0 Å². The van der Waals surface area contributed by atoms with Crippen molar-refractivity contribution >= 4 is 21.6 Å². The lowest BCUT2D eigenvalue weighted by Crippen LogP contribution is -2.28. The molecule has 0 aliphatic heterocycles. The van der Waals surface area contributed by atoms with Crippen LogP contribution in [0.2, 0.25) is 0 Å². The second-order valence-electron chi connectivity index (χ2n) is 4.63. The Bertz CT molecular complexity index is 365. The molecule has 1 rings (SSSR count). The number of aliphatic hydroxyl groups excluding tert-OH is 1. The zero-order valence-electron chi connectivity index (χ0n) is 11.1. The molecule has 0 aliphatic carbocycles. The van der Waals surface area contributed by atoms with E-state index < -0.39 is 6.10 Å². The molecule has 0 amide bonds. The van der Waals surface area contributed by atoms with Gasteiger partial charge in [-0.2, -0.15) is 0 Å². The number of anilines is 1. The van der Waals surface area contributed by atoms with Crippen molar-refractivity contribution < 1.29 is 5.11 Å². The summed E-state index contributed by atoms with van der Waals surface area (Å²) in [6.07, 6.45) is 1.95. The molecule has 2 atom stereocenters. The van der Waals surface area contributed by atoms with Crippen molar-refractivity contribution in [2.24, 2.45) is 0 Å². The summed E-state index contributed by atoms with van der Waals surface area (Å²) in [5.41, 5.74) is 2.12. The highest BCUT2D eigenvalue weighted by Gasteiger charge is 2.12. The molecule has 0 heterocycles. The van der Waals surface area contributed by atoms with Crippen molar-refractivity contribution in [3.63, 3.8) is 0 Å². The number of aliphatic hydroxyl groups is 1. The minimum atomic E-state index is -0.434. The number of hydrogen-bond acceptors (Lipinski definition) is 2. The lowest BCUT2D eigenvalue weighted by atomic mass is 10.1. The van der Waals surface area contributed by atoms with Crippen LogP contribution in [0.4, 0.5) is 5.69 Å². The summed E-state index contributed by atoms with van der Waals surface area (Å²) in [4.78, 5) is 2.28. The van der Waals surface area contributed by atoms with E-state index in [1.165, 1.54) is 18.5 Å². The summed E-state index contributed by atoms with van der Waals surface area (Å²) < 4.78 is 0.973. The first-order valence-electron chi connectivity index (χ1n) is 6.17. The van der Waals surface area contributed by atoms with Crippen LogP contribution in [0.3, 0.4) is 0 Å². The van der Waals surface area contributed by atoms with Crippen molar-refractivity contribution in [3.8, 4) is 0 Å². The third-order valence-electron chi connectivity index (χ3n) is 3.21. The van der Waals surface area contributed by atoms with Crippen LogP contribution < -0.4 is 4.90 Å². The van der Waals surface area contributed by atoms with Gasteiger partial charge in [-0.3, -0.25) is 0 Å². The molecular formula is C14H22BrNO. The first-order chi connectivity index (χ1) is 7.97. The number of halogens is 1.